The van der Waals surface area contributed by atoms with Gasteiger partial charge in [0.2, 0.25) is 0 Å². The molecular formula is C10H13N5O. The van der Waals surface area contributed by atoms with E-state index in [-0.39, 0.29) is 0 Å². The van der Waals surface area contributed by atoms with Crippen molar-refractivity contribution in [1.29, 1.82) is 0 Å². The quantitative estimate of drug-likeness (QED) is 0.821. The van der Waals surface area contributed by atoms with Crippen molar-refractivity contribution >= 4 is 5.69 Å². The molecule has 0 saturated carbocycles. The van der Waals surface area contributed by atoms with Gasteiger partial charge in [-0.25, -0.2) is 4.98 Å². The van der Waals surface area contributed by atoms with Crippen LogP contribution in [0, 0.1) is 0 Å². The van der Waals surface area contributed by atoms with Crippen molar-refractivity contribution in [1.82, 2.24) is 20.0 Å². The molecule has 2 rings (SSSR count). The number of pyridine rings is 1. The number of nitrogen functional groups attached to an aromatic ring is 1. The Bertz CT molecular complexity index is 480. The monoisotopic (exact) mass is 219 g/mol. The van der Waals surface area contributed by atoms with Crippen molar-refractivity contribution in [3.05, 3.63) is 24.2 Å². The summed E-state index contributed by atoms with van der Waals surface area (Å²) in [5.41, 5.74) is 6.82. The average molecular weight is 219 g/mol. The van der Waals surface area contributed by atoms with Crippen molar-refractivity contribution in [2.24, 2.45) is 0 Å². The molecule has 2 N–H and O–H groups in total. The Kier molecular flexibility index (Phi) is 2.82. The number of rotatable bonds is 3. The van der Waals surface area contributed by atoms with Crippen molar-refractivity contribution in [2.75, 3.05) is 19.8 Å². The molecule has 0 spiro atoms. The Morgan fingerprint density at radius 1 is 1.44 bits per heavy atom. The third-order valence-electron chi connectivity index (χ3n) is 1.97. The van der Waals surface area contributed by atoms with Gasteiger partial charge in [0.05, 0.1) is 12.2 Å². The zero-order chi connectivity index (χ0) is 11.5. The average Bonchev–Trinajstić information content (AvgIpc) is 2.66. The molecule has 0 atom stereocenters. The fraction of sp³-hybridized carbons (Fsp3) is 0.300. The molecule has 0 saturated heterocycles. The van der Waals surface area contributed by atoms with Crippen molar-refractivity contribution in [3.8, 4) is 11.6 Å². The Hall–Kier alpha value is -1.95. The molecule has 2 aromatic heterocycles. The minimum absolute atomic E-state index is 0.356. The molecule has 0 radical (unpaired) electrons. The SMILES string of the molecule is CN(C)Cc1noc(-c2ncccc2N)n1. The van der Waals surface area contributed by atoms with Crippen molar-refractivity contribution < 1.29 is 4.52 Å². The fourth-order valence-corrected chi connectivity index (χ4v) is 1.29. The standard InChI is InChI=1S/C10H13N5O/c1-15(2)6-8-13-10(16-14-8)9-7(11)4-3-5-12-9/h3-5H,6,11H2,1-2H3. The maximum atomic E-state index is 5.76. The zero-order valence-corrected chi connectivity index (χ0v) is 9.21. The van der Waals surface area contributed by atoms with E-state index in [2.05, 4.69) is 15.1 Å². The van der Waals surface area contributed by atoms with E-state index in [0.29, 0.717) is 29.6 Å². The van der Waals surface area contributed by atoms with E-state index in [4.69, 9.17) is 10.3 Å². The van der Waals surface area contributed by atoms with Crippen LogP contribution >= 0.6 is 0 Å². The molecule has 6 heteroatoms. The van der Waals surface area contributed by atoms with Gasteiger partial charge in [-0.1, -0.05) is 5.16 Å². The Balaban J connectivity index is 2.28. The minimum atomic E-state index is 0.356. The van der Waals surface area contributed by atoms with Crippen LogP contribution in [-0.2, 0) is 6.54 Å². The van der Waals surface area contributed by atoms with E-state index in [1.165, 1.54) is 0 Å². The highest BCUT2D eigenvalue weighted by Crippen LogP contribution is 2.20. The van der Waals surface area contributed by atoms with Gasteiger partial charge in [-0.3, -0.25) is 0 Å². The van der Waals surface area contributed by atoms with Crippen LogP contribution in [0.5, 0.6) is 0 Å². The third kappa shape index (κ3) is 2.17. The lowest BCUT2D eigenvalue weighted by Gasteiger charge is -2.03. The van der Waals surface area contributed by atoms with Crippen LogP contribution in [0.25, 0.3) is 11.6 Å². The highest BCUT2D eigenvalue weighted by atomic mass is 16.5. The highest BCUT2D eigenvalue weighted by molar-refractivity contribution is 5.65. The van der Waals surface area contributed by atoms with Crippen LogP contribution in [0.4, 0.5) is 5.69 Å². The summed E-state index contributed by atoms with van der Waals surface area (Å²) >= 11 is 0. The predicted octanol–water partition coefficient (Wildman–Crippen LogP) is 0.775. The van der Waals surface area contributed by atoms with Gasteiger partial charge in [0.15, 0.2) is 11.5 Å². The van der Waals surface area contributed by atoms with Gasteiger partial charge in [0, 0.05) is 6.20 Å². The largest absolute Gasteiger partial charge is 0.397 e. The first-order chi connectivity index (χ1) is 7.66. The molecule has 0 fully saturated rings. The molecule has 2 heterocycles. The van der Waals surface area contributed by atoms with Gasteiger partial charge in [0.1, 0.15) is 0 Å². The number of anilines is 1. The van der Waals surface area contributed by atoms with E-state index in [9.17, 15) is 0 Å². The number of nitrogens with two attached hydrogens (primary N) is 1. The van der Waals surface area contributed by atoms with Crippen LogP contribution in [0.1, 0.15) is 5.82 Å². The molecule has 0 bridgehead atoms. The van der Waals surface area contributed by atoms with Gasteiger partial charge in [-0.2, -0.15) is 4.98 Å². The van der Waals surface area contributed by atoms with Crippen molar-refractivity contribution in [2.45, 2.75) is 6.54 Å². The topological polar surface area (TPSA) is 81.1 Å². The third-order valence-corrected chi connectivity index (χ3v) is 1.97. The summed E-state index contributed by atoms with van der Waals surface area (Å²) in [6, 6.07) is 3.51. The molecule has 84 valence electrons. The van der Waals surface area contributed by atoms with Crippen LogP contribution in [0.15, 0.2) is 22.9 Å². The van der Waals surface area contributed by atoms with Crippen LogP contribution in [-0.4, -0.2) is 34.1 Å². The van der Waals surface area contributed by atoms with Gasteiger partial charge in [0.25, 0.3) is 5.89 Å². The normalized spacial score (nSPS) is 10.9. The Morgan fingerprint density at radius 2 is 2.25 bits per heavy atom. The maximum absolute atomic E-state index is 5.76. The maximum Gasteiger partial charge on any atom is 0.278 e. The lowest BCUT2D eigenvalue weighted by Crippen LogP contribution is -2.11. The Morgan fingerprint density at radius 3 is 2.94 bits per heavy atom. The highest BCUT2D eigenvalue weighted by Gasteiger charge is 2.12. The lowest BCUT2D eigenvalue weighted by atomic mass is 10.3. The Labute approximate surface area is 93.1 Å². The van der Waals surface area contributed by atoms with Gasteiger partial charge in [-0.15, -0.1) is 0 Å². The van der Waals surface area contributed by atoms with E-state index in [1.807, 2.05) is 19.0 Å². The molecule has 0 aromatic carbocycles. The number of aromatic nitrogens is 3. The second kappa shape index (κ2) is 4.28. The summed E-state index contributed by atoms with van der Waals surface area (Å²) < 4.78 is 5.10. The zero-order valence-electron chi connectivity index (χ0n) is 9.21. The minimum Gasteiger partial charge on any atom is -0.397 e. The van der Waals surface area contributed by atoms with E-state index >= 15 is 0 Å². The second-order valence-electron chi connectivity index (χ2n) is 3.69. The summed E-state index contributed by atoms with van der Waals surface area (Å²) in [6.45, 7) is 0.621. The van der Waals surface area contributed by atoms with E-state index in [1.54, 1.807) is 18.3 Å². The van der Waals surface area contributed by atoms with E-state index < -0.39 is 0 Å². The molecule has 0 aliphatic carbocycles. The summed E-state index contributed by atoms with van der Waals surface area (Å²) in [4.78, 5) is 10.3. The summed E-state index contributed by atoms with van der Waals surface area (Å²) in [7, 11) is 3.87. The number of hydrogen-bond acceptors (Lipinski definition) is 6. The van der Waals surface area contributed by atoms with Crippen LogP contribution in [0.3, 0.4) is 0 Å². The van der Waals surface area contributed by atoms with Crippen LogP contribution in [0.2, 0.25) is 0 Å². The molecular weight excluding hydrogens is 206 g/mol. The molecule has 0 unspecified atom stereocenters. The van der Waals surface area contributed by atoms with E-state index in [0.717, 1.165) is 0 Å². The summed E-state index contributed by atoms with van der Waals surface area (Å²) in [5, 5.41) is 3.85. The summed E-state index contributed by atoms with van der Waals surface area (Å²) in [5.74, 6) is 0.972. The van der Waals surface area contributed by atoms with Crippen LogP contribution < -0.4 is 5.73 Å². The molecule has 6 nitrogen and oxygen atoms in total. The van der Waals surface area contributed by atoms with Gasteiger partial charge < -0.3 is 15.2 Å². The first kappa shape index (κ1) is 10.6. The van der Waals surface area contributed by atoms with Gasteiger partial charge in [-0.05, 0) is 26.2 Å². The van der Waals surface area contributed by atoms with Gasteiger partial charge >= 0.3 is 0 Å². The van der Waals surface area contributed by atoms with Crippen molar-refractivity contribution in [3.63, 3.8) is 0 Å². The predicted molar refractivity (Wildman–Crippen MR) is 59.3 cm³/mol. The molecule has 0 aliphatic heterocycles. The molecule has 16 heavy (non-hydrogen) atoms. The fourth-order valence-electron chi connectivity index (χ4n) is 1.29. The second-order valence-corrected chi connectivity index (χ2v) is 3.69. The first-order valence-electron chi connectivity index (χ1n) is 4.85. The lowest BCUT2D eigenvalue weighted by molar-refractivity contribution is 0.365. The molecule has 0 amide bonds. The molecule has 0 aliphatic rings. The molecule has 2 aromatic rings. The first-order valence-corrected chi connectivity index (χ1v) is 4.85. The number of nitrogens with zero attached hydrogens (tertiary/aromatic N) is 4. The smallest absolute Gasteiger partial charge is 0.278 e. The summed E-state index contributed by atoms with van der Waals surface area (Å²) in [6.07, 6.45) is 1.64. The number of hydrogen-bond donors (Lipinski definition) is 1.